The largest absolute Gasteiger partial charge is 0.480 e. The summed E-state index contributed by atoms with van der Waals surface area (Å²) in [6.07, 6.45) is 0. The Labute approximate surface area is 86.5 Å². The summed E-state index contributed by atoms with van der Waals surface area (Å²) in [6, 6.07) is 5.08. The number of esters is 1. The summed E-state index contributed by atoms with van der Waals surface area (Å²) in [4.78, 5) is 21.4. The van der Waals surface area contributed by atoms with Gasteiger partial charge in [-0.15, -0.1) is 0 Å². The van der Waals surface area contributed by atoms with E-state index < -0.39 is 18.0 Å². The first-order chi connectivity index (χ1) is 7.02. The van der Waals surface area contributed by atoms with Crippen molar-refractivity contribution in [3.05, 3.63) is 29.8 Å². The van der Waals surface area contributed by atoms with Crippen molar-refractivity contribution < 1.29 is 19.4 Å². The molecule has 0 unspecified atom stereocenters. The predicted molar refractivity (Wildman–Crippen MR) is 52.3 cm³/mol. The number of carbonyl (C=O) groups is 2. The van der Waals surface area contributed by atoms with Crippen LogP contribution in [0, 0.1) is 0 Å². The number of aliphatic carboxylic acids is 1. The number of carboxylic acid groups (broad SMARTS) is 1. The first kappa shape index (κ1) is 11.2. The number of ether oxygens (including phenoxy) is 1. The van der Waals surface area contributed by atoms with Gasteiger partial charge in [0.1, 0.15) is 11.8 Å². The molecule has 1 aromatic carbocycles. The molecule has 0 amide bonds. The van der Waals surface area contributed by atoms with Crippen LogP contribution in [0.1, 0.15) is 18.5 Å². The summed E-state index contributed by atoms with van der Waals surface area (Å²) in [5.74, 6) is -1.51. The average molecular weight is 209 g/mol. The Hall–Kier alpha value is -1.88. The molecule has 0 spiro atoms. The van der Waals surface area contributed by atoms with E-state index in [0.717, 1.165) is 0 Å². The van der Waals surface area contributed by atoms with E-state index in [1.165, 1.54) is 19.1 Å². The van der Waals surface area contributed by atoms with Crippen LogP contribution >= 0.6 is 0 Å². The molecule has 0 aromatic heterocycles. The number of para-hydroxylation sites is 1. The lowest BCUT2D eigenvalue weighted by Gasteiger charge is -2.11. The minimum atomic E-state index is -1.19. The summed E-state index contributed by atoms with van der Waals surface area (Å²) >= 11 is 0. The molecule has 0 aliphatic rings. The lowest BCUT2D eigenvalue weighted by Crippen LogP contribution is -2.21. The van der Waals surface area contributed by atoms with Crippen LogP contribution in [0.15, 0.2) is 24.3 Å². The van der Waals surface area contributed by atoms with E-state index in [4.69, 9.17) is 15.6 Å². The molecule has 0 radical (unpaired) electrons. The predicted octanol–water partition coefficient (Wildman–Crippen LogP) is 0.696. The molecule has 0 saturated carbocycles. The molecule has 5 heteroatoms. The number of rotatable bonds is 3. The van der Waals surface area contributed by atoms with Gasteiger partial charge in [0, 0.05) is 12.5 Å². The third-order valence-electron chi connectivity index (χ3n) is 1.77. The lowest BCUT2D eigenvalue weighted by molar-refractivity contribution is -0.139. The number of carbonyl (C=O) groups excluding carboxylic acids is 1. The molecule has 1 atom stereocenters. The Morgan fingerprint density at radius 2 is 2.00 bits per heavy atom. The van der Waals surface area contributed by atoms with Gasteiger partial charge in [-0.3, -0.25) is 9.59 Å². The number of hydrogen-bond donors (Lipinski definition) is 2. The SMILES string of the molecule is CC(=O)Oc1ccccc1[C@H](N)C(=O)O. The van der Waals surface area contributed by atoms with Crippen molar-refractivity contribution >= 4 is 11.9 Å². The summed E-state index contributed by atoms with van der Waals surface area (Å²) < 4.78 is 4.83. The summed E-state index contributed by atoms with van der Waals surface area (Å²) in [6.45, 7) is 1.24. The highest BCUT2D eigenvalue weighted by Crippen LogP contribution is 2.23. The molecule has 0 fully saturated rings. The molecule has 0 bridgehead atoms. The Bertz CT molecular complexity index is 389. The zero-order valence-corrected chi connectivity index (χ0v) is 8.14. The molecule has 0 aliphatic carbocycles. The van der Waals surface area contributed by atoms with E-state index in [1.54, 1.807) is 12.1 Å². The molecule has 0 aliphatic heterocycles. The van der Waals surface area contributed by atoms with E-state index in [2.05, 4.69) is 0 Å². The fourth-order valence-corrected chi connectivity index (χ4v) is 1.12. The molecule has 15 heavy (non-hydrogen) atoms. The zero-order chi connectivity index (χ0) is 11.4. The fourth-order valence-electron chi connectivity index (χ4n) is 1.12. The fraction of sp³-hybridized carbons (Fsp3) is 0.200. The maximum absolute atomic E-state index is 10.7. The van der Waals surface area contributed by atoms with Gasteiger partial charge < -0.3 is 15.6 Å². The van der Waals surface area contributed by atoms with E-state index in [0.29, 0.717) is 0 Å². The highest BCUT2D eigenvalue weighted by molar-refractivity contribution is 5.77. The van der Waals surface area contributed by atoms with Crippen molar-refractivity contribution in [2.45, 2.75) is 13.0 Å². The Morgan fingerprint density at radius 1 is 1.40 bits per heavy atom. The van der Waals surface area contributed by atoms with Gasteiger partial charge in [-0.2, -0.15) is 0 Å². The second-order valence-corrected chi connectivity index (χ2v) is 2.95. The maximum atomic E-state index is 10.7. The third kappa shape index (κ3) is 2.78. The topological polar surface area (TPSA) is 89.6 Å². The van der Waals surface area contributed by atoms with Crippen molar-refractivity contribution in [2.75, 3.05) is 0 Å². The van der Waals surface area contributed by atoms with Crippen LogP contribution < -0.4 is 10.5 Å². The van der Waals surface area contributed by atoms with Crippen LogP contribution in [0.25, 0.3) is 0 Å². The van der Waals surface area contributed by atoms with Gasteiger partial charge in [0.15, 0.2) is 0 Å². The van der Waals surface area contributed by atoms with Gasteiger partial charge in [0.2, 0.25) is 0 Å². The maximum Gasteiger partial charge on any atom is 0.325 e. The third-order valence-corrected chi connectivity index (χ3v) is 1.77. The van der Waals surface area contributed by atoms with Gasteiger partial charge in [-0.05, 0) is 6.07 Å². The summed E-state index contributed by atoms with van der Waals surface area (Å²) in [5, 5.41) is 8.73. The monoisotopic (exact) mass is 209 g/mol. The number of benzene rings is 1. The number of nitrogens with two attached hydrogens (primary N) is 1. The Kier molecular flexibility index (Phi) is 3.41. The van der Waals surface area contributed by atoms with Crippen molar-refractivity contribution in [3.8, 4) is 5.75 Å². The Morgan fingerprint density at radius 3 is 2.53 bits per heavy atom. The van der Waals surface area contributed by atoms with Crippen LogP contribution in [0.3, 0.4) is 0 Å². The molecular formula is C10H11NO4. The molecule has 5 nitrogen and oxygen atoms in total. The smallest absolute Gasteiger partial charge is 0.325 e. The molecular weight excluding hydrogens is 198 g/mol. The zero-order valence-electron chi connectivity index (χ0n) is 8.14. The molecule has 80 valence electrons. The van der Waals surface area contributed by atoms with Crippen molar-refractivity contribution in [1.29, 1.82) is 0 Å². The molecule has 0 saturated heterocycles. The second kappa shape index (κ2) is 4.56. The van der Waals surface area contributed by atoms with Crippen molar-refractivity contribution in [1.82, 2.24) is 0 Å². The Balaban J connectivity index is 3.05. The minimum absolute atomic E-state index is 0.180. The normalized spacial score (nSPS) is 11.9. The van der Waals surface area contributed by atoms with Crippen LogP contribution in [0.2, 0.25) is 0 Å². The first-order valence-corrected chi connectivity index (χ1v) is 4.28. The quantitative estimate of drug-likeness (QED) is 0.564. The van der Waals surface area contributed by atoms with Crippen molar-refractivity contribution in [3.63, 3.8) is 0 Å². The van der Waals surface area contributed by atoms with Gasteiger partial charge >= 0.3 is 11.9 Å². The van der Waals surface area contributed by atoms with Crippen LogP contribution in [-0.4, -0.2) is 17.0 Å². The molecule has 1 aromatic rings. The first-order valence-electron chi connectivity index (χ1n) is 4.28. The molecule has 1 rings (SSSR count). The number of hydrogen-bond acceptors (Lipinski definition) is 4. The lowest BCUT2D eigenvalue weighted by atomic mass is 10.1. The van der Waals surface area contributed by atoms with Gasteiger partial charge in [-0.1, -0.05) is 18.2 Å². The van der Waals surface area contributed by atoms with E-state index in [-0.39, 0.29) is 11.3 Å². The summed E-state index contributed by atoms with van der Waals surface area (Å²) in [7, 11) is 0. The van der Waals surface area contributed by atoms with E-state index in [9.17, 15) is 9.59 Å². The van der Waals surface area contributed by atoms with Crippen LogP contribution in [0.4, 0.5) is 0 Å². The molecule has 3 N–H and O–H groups in total. The molecule has 0 heterocycles. The van der Waals surface area contributed by atoms with E-state index >= 15 is 0 Å². The standard InChI is InChI=1S/C10H11NO4/c1-6(12)15-8-5-3-2-4-7(8)9(11)10(13)14/h2-5,9H,11H2,1H3,(H,13,14)/t9-/m0/s1. The second-order valence-electron chi connectivity index (χ2n) is 2.95. The van der Waals surface area contributed by atoms with Crippen LogP contribution in [0.5, 0.6) is 5.75 Å². The minimum Gasteiger partial charge on any atom is -0.480 e. The van der Waals surface area contributed by atoms with E-state index in [1.807, 2.05) is 0 Å². The highest BCUT2D eigenvalue weighted by Gasteiger charge is 2.19. The van der Waals surface area contributed by atoms with Gasteiger partial charge in [0.05, 0.1) is 0 Å². The van der Waals surface area contributed by atoms with Crippen molar-refractivity contribution in [2.24, 2.45) is 5.73 Å². The van der Waals surface area contributed by atoms with Gasteiger partial charge in [-0.25, -0.2) is 0 Å². The number of carboxylic acids is 1. The van der Waals surface area contributed by atoms with Gasteiger partial charge in [0.25, 0.3) is 0 Å². The average Bonchev–Trinajstić information content (AvgIpc) is 2.16. The van der Waals surface area contributed by atoms with Crippen LogP contribution in [-0.2, 0) is 9.59 Å². The summed E-state index contributed by atoms with van der Waals surface area (Å²) in [5.41, 5.74) is 5.70. The highest BCUT2D eigenvalue weighted by atomic mass is 16.5.